The Morgan fingerprint density at radius 3 is 2.50 bits per heavy atom. The molecule has 170 valence electrons. The van der Waals surface area contributed by atoms with Crippen LogP contribution in [0.5, 0.6) is 11.5 Å². The summed E-state index contributed by atoms with van der Waals surface area (Å²) in [5.74, 6) is -0.785. The highest BCUT2D eigenvalue weighted by molar-refractivity contribution is 5.94. The van der Waals surface area contributed by atoms with E-state index in [1.165, 1.54) is 5.56 Å². The second-order valence-corrected chi connectivity index (χ2v) is 8.51. The SMILES string of the molecule is N#Cc1ccc2c(c1)C(C(=O)O)CC(Oc1ccc(C(=O)NC3CC3c3ccccc3)cc1)O2. The van der Waals surface area contributed by atoms with Gasteiger partial charge in [0.05, 0.1) is 17.6 Å². The second-order valence-electron chi connectivity index (χ2n) is 8.51. The van der Waals surface area contributed by atoms with E-state index in [4.69, 9.17) is 14.7 Å². The lowest BCUT2D eigenvalue weighted by atomic mass is 9.91. The number of fused-ring (bicyclic) bond motifs is 1. The van der Waals surface area contributed by atoms with Crippen molar-refractivity contribution in [3.63, 3.8) is 0 Å². The molecule has 2 aliphatic rings. The number of carboxylic acid groups (broad SMARTS) is 1. The number of ether oxygens (including phenoxy) is 2. The number of amides is 1. The number of carboxylic acids is 1. The topological polar surface area (TPSA) is 109 Å². The molecule has 2 N–H and O–H groups in total. The molecular weight excluding hydrogens is 432 g/mol. The van der Waals surface area contributed by atoms with Crippen LogP contribution in [-0.2, 0) is 4.79 Å². The Bertz CT molecular complexity index is 1270. The van der Waals surface area contributed by atoms with Crippen molar-refractivity contribution in [3.8, 4) is 17.6 Å². The number of hydrogen-bond donors (Lipinski definition) is 2. The van der Waals surface area contributed by atoms with E-state index < -0.39 is 18.2 Å². The minimum absolute atomic E-state index is 0.0992. The van der Waals surface area contributed by atoms with Crippen molar-refractivity contribution in [2.24, 2.45) is 0 Å². The molecule has 1 fully saturated rings. The number of carbonyl (C=O) groups excluding carboxylic acids is 1. The fourth-order valence-electron chi connectivity index (χ4n) is 4.32. The molecule has 1 heterocycles. The Labute approximate surface area is 196 Å². The highest BCUT2D eigenvalue weighted by Crippen LogP contribution is 2.41. The molecule has 4 unspecified atom stereocenters. The number of nitriles is 1. The van der Waals surface area contributed by atoms with Gasteiger partial charge in [-0.3, -0.25) is 9.59 Å². The third-order valence-electron chi connectivity index (χ3n) is 6.22. The summed E-state index contributed by atoms with van der Waals surface area (Å²) in [5.41, 5.74) is 2.60. The Kier molecular flexibility index (Phi) is 5.64. The molecule has 1 saturated carbocycles. The van der Waals surface area contributed by atoms with E-state index in [2.05, 4.69) is 17.4 Å². The van der Waals surface area contributed by atoms with Gasteiger partial charge in [-0.2, -0.15) is 5.26 Å². The van der Waals surface area contributed by atoms with Crippen LogP contribution in [0.25, 0.3) is 0 Å². The van der Waals surface area contributed by atoms with Crippen molar-refractivity contribution in [3.05, 3.63) is 95.1 Å². The zero-order valence-corrected chi connectivity index (χ0v) is 18.2. The standard InChI is InChI=1S/C27H22N2O5/c28-15-16-6-11-24-21(12-16)22(27(31)32)14-25(34-24)33-19-9-7-18(8-10-19)26(30)29-23-13-20(23)17-4-2-1-3-5-17/h1-12,20,22-23,25H,13-14H2,(H,29,30)(H,31,32). The molecule has 7 heteroatoms. The quantitative estimate of drug-likeness (QED) is 0.578. The average Bonchev–Trinajstić information content (AvgIpc) is 3.63. The summed E-state index contributed by atoms with van der Waals surface area (Å²) in [4.78, 5) is 24.4. The van der Waals surface area contributed by atoms with Gasteiger partial charge in [0.1, 0.15) is 11.5 Å². The lowest BCUT2D eigenvalue weighted by Gasteiger charge is -2.30. The number of hydrogen-bond acceptors (Lipinski definition) is 5. The van der Waals surface area contributed by atoms with Gasteiger partial charge in [0, 0.05) is 29.5 Å². The Morgan fingerprint density at radius 1 is 1.03 bits per heavy atom. The minimum atomic E-state index is -1.01. The van der Waals surface area contributed by atoms with E-state index in [1.807, 2.05) is 24.3 Å². The average molecular weight is 454 g/mol. The first-order valence-electron chi connectivity index (χ1n) is 11.1. The van der Waals surface area contributed by atoms with Gasteiger partial charge in [-0.1, -0.05) is 30.3 Å². The molecule has 5 rings (SSSR count). The predicted molar refractivity (Wildman–Crippen MR) is 123 cm³/mol. The Morgan fingerprint density at radius 2 is 1.79 bits per heavy atom. The highest BCUT2D eigenvalue weighted by atomic mass is 16.7. The van der Waals surface area contributed by atoms with Crippen molar-refractivity contribution in [2.45, 2.75) is 37.0 Å². The van der Waals surface area contributed by atoms with Crippen LogP contribution in [0, 0.1) is 11.3 Å². The largest absolute Gasteiger partial charge is 0.481 e. The van der Waals surface area contributed by atoms with Crippen LogP contribution < -0.4 is 14.8 Å². The summed E-state index contributed by atoms with van der Waals surface area (Å²) in [5, 5.41) is 21.8. The van der Waals surface area contributed by atoms with Crippen LogP contribution in [0.1, 0.15) is 51.7 Å². The number of nitrogens with one attached hydrogen (secondary N) is 1. The number of aliphatic carboxylic acids is 1. The van der Waals surface area contributed by atoms with Crippen molar-refractivity contribution >= 4 is 11.9 Å². The van der Waals surface area contributed by atoms with Gasteiger partial charge in [0.2, 0.25) is 6.29 Å². The second kappa shape index (κ2) is 8.91. The molecule has 1 aliphatic heterocycles. The van der Waals surface area contributed by atoms with Gasteiger partial charge in [-0.15, -0.1) is 0 Å². The lowest BCUT2D eigenvalue weighted by Crippen LogP contribution is -2.33. The molecule has 0 aromatic heterocycles. The summed E-state index contributed by atoms with van der Waals surface area (Å²) in [7, 11) is 0. The molecule has 3 aromatic rings. The summed E-state index contributed by atoms with van der Waals surface area (Å²) >= 11 is 0. The first kappa shape index (κ1) is 21.5. The van der Waals surface area contributed by atoms with Crippen LogP contribution in [0.4, 0.5) is 0 Å². The summed E-state index contributed by atoms with van der Waals surface area (Å²) in [6.07, 6.45) is 0.222. The van der Waals surface area contributed by atoms with Crippen LogP contribution in [0.3, 0.4) is 0 Å². The molecule has 7 nitrogen and oxygen atoms in total. The van der Waals surface area contributed by atoms with E-state index in [-0.39, 0.29) is 18.4 Å². The number of carbonyl (C=O) groups is 2. The van der Waals surface area contributed by atoms with E-state index in [9.17, 15) is 14.7 Å². The van der Waals surface area contributed by atoms with Gasteiger partial charge < -0.3 is 19.9 Å². The molecule has 0 saturated heterocycles. The maximum absolute atomic E-state index is 12.6. The maximum atomic E-state index is 12.6. The van der Waals surface area contributed by atoms with Gasteiger partial charge in [0.15, 0.2) is 0 Å². The molecule has 0 radical (unpaired) electrons. The zero-order chi connectivity index (χ0) is 23.7. The molecule has 34 heavy (non-hydrogen) atoms. The summed E-state index contributed by atoms with van der Waals surface area (Å²) in [6.45, 7) is 0. The number of nitrogens with zero attached hydrogens (tertiary/aromatic N) is 1. The third-order valence-corrected chi connectivity index (χ3v) is 6.22. The molecule has 0 bridgehead atoms. The van der Waals surface area contributed by atoms with E-state index in [0.717, 1.165) is 6.42 Å². The zero-order valence-electron chi connectivity index (χ0n) is 18.2. The molecule has 1 aliphatic carbocycles. The van der Waals surface area contributed by atoms with Crippen LogP contribution >= 0.6 is 0 Å². The fourth-order valence-corrected chi connectivity index (χ4v) is 4.32. The van der Waals surface area contributed by atoms with Crippen LogP contribution in [0.15, 0.2) is 72.8 Å². The van der Waals surface area contributed by atoms with Gasteiger partial charge in [0.25, 0.3) is 5.91 Å². The lowest BCUT2D eigenvalue weighted by molar-refractivity contribution is -0.141. The highest BCUT2D eigenvalue weighted by Gasteiger charge is 2.39. The smallest absolute Gasteiger partial charge is 0.311 e. The van der Waals surface area contributed by atoms with Gasteiger partial charge in [-0.25, -0.2) is 0 Å². The molecule has 3 aromatic carbocycles. The van der Waals surface area contributed by atoms with E-state index >= 15 is 0 Å². The summed E-state index contributed by atoms with van der Waals surface area (Å²) < 4.78 is 11.7. The summed E-state index contributed by atoms with van der Waals surface area (Å²) in [6, 6.07) is 23.7. The van der Waals surface area contributed by atoms with Crippen LogP contribution in [0.2, 0.25) is 0 Å². The molecule has 1 amide bonds. The Hall–Kier alpha value is -4.31. The molecule has 4 atom stereocenters. The van der Waals surface area contributed by atoms with Crippen LogP contribution in [-0.4, -0.2) is 29.3 Å². The van der Waals surface area contributed by atoms with Crippen molar-refractivity contribution < 1.29 is 24.2 Å². The minimum Gasteiger partial charge on any atom is -0.481 e. The predicted octanol–water partition coefficient (Wildman–Crippen LogP) is 4.20. The van der Waals surface area contributed by atoms with Crippen molar-refractivity contribution in [1.82, 2.24) is 5.32 Å². The first-order chi connectivity index (χ1) is 16.5. The monoisotopic (exact) mass is 454 g/mol. The van der Waals surface area contributed by atoms with Gasteiger partial charge in [-0.05, 0) is 54.4 Å². The van der Waals surface area contributed by atoms with Gasteiger partial charge >= 0.3 is 5.97 Å². The number of benzene rings is 3. The molecule has 0 spiro atoms. The van der Waals surface area contributed by atoms with Crippen molar-refractivity contribution in [2.75, 3.05) is 0 Å². The number of rotatable bonds is 6. The van der Waals surface area contributed by atoms with Crippen molar-refractivity contribution in [1.29, 1.82) is 5.26 Å². The fraction of sp³-hybridized carbons (Fsp3) is 0.222. The third kappa shape index (κ3) is 4.44. The first-order valence-corrected chi connectivity index (χ1v) is 11.1. The maximum Gasteiger partial charge on any atom is 0.311 e. The Balaban J connectivity index is 1.22. The van der Waals surface area contributed by atoms with E-state index in [0.29, 0.717) is 34.1 Å². The normalized spacial score (nSPS) is 22.4. The van der Waals surface area contributed by atoms with E-state index in [1.54, 1.807) is 42.5 Å². The molecular formula is C27H22N2O5.